The van der Waals surface area contributed by atoms with E-state index in [1.807, 2.05) is 43.5 Å². The molecule has 1 aliphatic heterocycles. The zero-order valence-electron chi connectivity index (χ0n) is 13.6. The maximum Gasteiger partial charge on any atom is 0.227 e. The van der Waals surface area contributed by atoms with Crippen molar-refractivity contribution in [2.75, 3.05) is 6.54 Å². The summed E-state index contributed by atoms with van der Waals surface area (Å²) in [5.74, 6) is 0.929. The fourth-order valence-corrected chi connectivity index (χ4v) is 3.23. The highest BCUT2D eigenvalue weighted by atomic mass is 16.5. The van der Waals surface area contributed by atoms with Crippen LogP contribution < -0.4 is 0 Å². The summed E-state index contributed by atoms with van der Waals surface area (Å²) in [4.78, 5) is 14.7. The number of hydrogen-bond acceptors (Lipinski definition) is 4. The van der Waals surface area contributed by atoms with Gasteiger partial charge >= 0.3 is 0 Å². The highest BCUT2D eigenvalue weighted by Gasteiger charge is 2.33. The SMILES string of the molecule is Cc1cc(C2CCCN2C(=O)Cc2c(C)nn(C)c2C)on1. The Morgan fingerprint density at radius 1 is 1.41 bits per heavy atom. The predicted octanol–water partition coefficient (Wildman–Crippen LogP) is 2.24. The summed E-state index contributed by atoms with van der Waals surface area (Å²) < 4.78 is 7.20. The van der Waals surface area contributed by atoms with Gasteiger partial charge in [0.25, 0.3) is 0 Å². The van der Waals surface area contributed by atoms with Crippen LogP contribution in [-0.2, 0) is 18.3 Å². The van der Waals surface area contributed by atoms with Gasteiger partial charge in [-0.3, -0.25) is 9.48 Å². The predicted molar refractivity (Wildman–Crippen MR) is 81.3 cm³/mol. The Kier molecular flexibility index (Phi) is 3.76. The Labute approximate surface area is 130 Å². The molecule has 0 aliphatic carbocycles. The number of amides is 1. The molecular weight excluding hydrogens is 280 g/mol. The number of carbonyl (C=O) groups is 1. The second-order valence-electron chi connectivity index (χ2n) is 6.07. The summed E-state index contributed by atoms with van der Waals surface area (Å²) in [6.45, 7) is 6.64. The van der Waals surface area contributed by atoms with Gasteiger partial charge in [-0.1, -0.05) is 5.16 Å². The van der Waals surface area contributed by atoms with E-state index in [0.29, 0.717) is 6.42 Å². The third-order valence-corrected chi connectivity index (χ3v) is 4.53. The molecule has 3 rings (SSSR count). The van der Waals surface area contributed by atoms with Crippen LogP contribution in [0.3, 0.4) is 0 Å². The molecule has 0 bridgehead atoms. The maximum absolute atomic E-state index is 12.7. The summed E-state index contributed by atoms with van der Waals surface area (Å²) in [7, 11) is 1.91. The molecule has 0 aromatic carbocycles. The summed E-state index contributed by atoms with van der Waals surface area (Å²) in [6, 6.07) is 1.95. The topological polar surface area (TPSA) is 64.2 Å². The molecule has 1 fully saturated rings. The normalized spacial score (nSPS) is 18.2. The fourth-order valence-electron chi connectivity index (χ4n) is 3.23. The van der Waals surface area contributed by atoms with Crippen LogP contribution in [0.1, 0.15) is 47.3 Å². The van der Waals surface area contributed by atoms with Gasteiger partial charge in [-0.2, -0.15) is 5.10 Å². The van der Waals surface area contributed by atoms with Crippen molar-refractivity contribution in [2.24, 2.45) is 7.05 Å². The first kappa shape index (κ1) is 14.8. The smallest absolute Gasteiger partial charge is 0.227 e. The van der Waals surface area contributed by atoms with Gasteiger partial charge in [0.1, 0.15) is 0 Å². The number of likely N-dealkylation sites (tertiary alicyclic amines) is 1. The maximum atomic E-state index is 12.7. The number of aryl methyl sites for hydroxylation is 3. The van der Waals surface area contributed by atoms with Crippen LogP contribution in [-0.4, -0.2) is 32.3 Å². The molecule has 1 saturated heterocycles. The van der Waals surface area contributed by atoms with Gasteiger partial charge in [0.2, 0.25) is 5.91 Å². The molecule has 118 valence electrons. The van der Waals surface area contributed by atoms with Crippen LogP contribution in [0.25, 0.3) is 0 Å². The zero-order chi connectivity index (χ0) is 15.9. The molecule has 1 aliphatic rings. The average Bonchev–Trinajstić information content (AvgIpc) is 3.15. The van der Waals surface area contributed by atoms with Crippen molar-refractivity contribution in [3.05, 3.63) is 34.5 Å². The Hall–Kier alpha value is -2.11. The molecule has 1 amide bonds. The van der Waals surface area contributed by atoms with Crippen molar-refractivity contribution < 1.29 is 9.32 Å². The van der Waals surface area contributed by atoms with E-state index < -0.39 is 0 Å². The van der Waals surface area contributed by atoms with Gasteiger partial charge in [-0.15, -0.1) is 0 Å². The van der Waals surface area contributed by atoms with E-state index >= 15 is 0 Å². The molecular formula is C16H22N4O2. The first-order chi connectivity index (χ1) is 10.5. The minimum Gasteiger partial charge on any atom is -0.359 e. The van der Waals surface area contributed by atoms with E-state index in [1.54, 1.807) is 0 Å². The molecule has 0 spiro atoms. The third kappa shape index (κ3) is 2.53. The van der Waals surface area contributed by atoms with Crippen LogP contribution in [0.5, 0.6) is 0 Å². The fraction of sp³-hybridized carbons (Fsp3) is 0.562. The summed E-state index contributed by atoms with van der Waals surface area (Å²) in [5, 5.41) is 8.33. The van der Waals surface area contributed by atoms with Crippen molar-refractivity contribution in [3.63, 3.8) is 0 Å². The van der Waals surface area contributed by atoms with Gasteiger partial charge in [0.15, 0.2) is 5.76 Å². The Balaban J connectivity index is 1.79. The largest absolute Gasteiger partial charge is 0.359 e. The first-order valence-electron chi connectivity index (χ1n) is 7.69. The number of carbonyl (C=O) groups excluding carboxylic acids is 1. The standard InChI is InChI=1S/C16H22N4O2/c1-10-8-15(22-18-10)14-6-5-7-20(14)16(21)9-13-11(2)17-19(4)12(13)3/h8,14H,5-7,9H2,1-4H3. The molecule has 3 heterocycles. The molecule has 6 nitrogen and oxygen atoms in total. The molecule has 1 atom stereocenters. The highest BCUT2D eigenvalue weighted by Crippen LogP contribution is 2.33. The molecule has 2 aromatic heterocycles. The number of aromatic nitrogens is 3. The summed E-state index contributed by atoms with van der Waals surface area (Å²) in [6.07, 6.45) is 2.33. The molecule has 0 radical (unpaired) electrons. The lowest BCUT2D eigenvalue weighted by atomic mass is 10.1. The lowest BCUT2D eigenvalue weighted by molar-refractivity contribution is -0.131. The zero-order valence-corrected chi connectivity index (χ0v) is 13.6. The van der Waals surface area contributed by atoms with E-state index in [0.717, 1.165) is 47.8 Å². The third-order valence-electron chi connectivity index (χ3n) is 4.53. The van der Waals surface area contributed by atoms with Crippen molar-refractivity contribution in [2.45, 2.75) is 46.1 Å². The molecule has 0 saturated carbocycles. The average molecular weight is 302 g/mol. The van der Waals surface area contributed by atoms with Gasteiger partial charge in [-0.25, -0.2) is 0 Å². The van der Waals surface area contributed by atoms with E-state index in [4.69, 9.17) is 4.52 Å². The van der Waals surface area contributed by atoms with Crippen molar-refractivity contribution >= 4 is 5.91 Å². The van der Waals surface area contributed by atoms with Crippen LogP contribution in [0.4, 0.5) is 0 Å². The van der Waals surface area contributed by atoms with Crippen molar-refractivity contribution in [1.82, 2.24) is 19.8 Å². The number of nitrogens with zero attached hydrogens (tertiary/aromatic N) is 4. The second-order valence-corrected chi connectivity index (χ2v) is 6.07. The highest BCUT2D eigenvalue weighted by molar-refractivity contribution is 5.80. The van der Waals surface area contributed by atoms with Crippen LogP contribution in [0.15, 0.2) is 10.6 Å². The van der Waals surface area contributed by atoms with E-state index in [9.17, 15) is 4.79 Å². The molecule has 6 heteroatoms. The van der Waals surface area contributed by atoms with Gasteiger partial charge in [0.05, 0.1) is 23.9 Å². The summed E-state index contributed by atoms with van der Waals surface area (Å²) in [5.41, 5.74) is 3.87. The lowest BCUT2D eigenvalue weighted by Gasteiger charge is -2.22. The van der Waals surface area contributed by atoms with Gasteiger partial charge in [0, 0.05) is 30.9 Å². The Bertz CT molecular complexity index is 701. The van der Waals surface area contributed by atoms with Crippen LogP contribution in [0.2, 0.25) is 0 Å². The van der Waals surface area contributed by atoms with Crippen LogP contribution >= 0.6 is 0 Å². The molecule has 1 unspecified atom stereocenters. The Morgan fingerprint density at radius 2 is 2.18 bits per heavy atom. The van der Waals surface area contributed by atoms with Crippen molar-refractivity contribution in [1.29, 1.82) is 0 Å². The van der Waals surface area contributed by atoms with Gasteiger partial charge in [-0.05, 0) is 33.6 Å². The molecule has 0 N–H and O–H groups in total. The minimum atomic E-state index is 0.0194. The Morgan fingerprint density at radius 3 is 2.77 bits per heavy atom. The van der Waals surface area contributed by atoms with E-state index in [2.05, 4.69) is 10.3 Å². The lowest BCUT2D eigenvalue weighted by Crippen LogP contribution is -2.32. The first-order valence-corrected chi connectivity index (χ1v) is 7.69. The molecule has 2 aromatic rings. The van der Waals surface area contributed by atoms with Crippen LogP contribution in [0, 0.1) is 20.8 Å². The monoisotopic (exact) mass is 302 g/mol. The van der Waals surface area contributed by atoms with E-state index in [-0.39, 0.29) is 11.9 Å². The van der Waals surface area contributed by atoms with Crippen molar-refractivity contribution in [3.8, 4) is 0 Å². The molecule has 22 heavy (non-hydrogen) atoms. The second kappa shape index (κ2) is 5.59. The number of hydrogen-bond donors (Lipinski definition) is 0. The van der Waals surface area contributed by atoms with Gasteiger partial charge < -0.3 is 9.42 Å². The number of rotatable bonds is 3. The minimum absolute atomic E-state index is 0.0194. The quantitative estimate of drug-likeness (QED) is 0.872. The van der Waals surface area contributed by atoms with E-state index in [1.165, 1.54) is 0 Å². The summed E-state index contributed by atoms with van der Waals surface area (Å²) >= 11 is 0.